The fourth-order valence-corrected chi connectivity index (χ4v) is 3.28. The van der Waals surface area contributed by atoms with E-state index in [1.807, 2.05) is 17.0 Å². The number of nitrogens with one attached hydrogen (secondary N) is 1. The molecule has 3 rings (SSSR count). The largest absolute Gasteiger partial charge is 0.372 e. The van der Waals surface area contributed by atoms with Crippen molar-refractivity contribution in [2.75, 3.05) is 37.6 Å². The van der Waals surface area contributed by atoms with E-state index in [-0.39, 0.29) is 36.8 Å². The normalized spacial score (nSPS) is 21.2. The molecule has 4 nitrogen and oxygen atoms in total. The molecule has 2 heterocycles. The van der Waals surface area contributed by atoms with Gasteiger partial charge in [-0.25, -0.2) is 0 Å². The van der Waals surface area contributed by atoms with Gasteiger partial charge in [-0.15, -0.1) is 24.8 Å². The Hall–Kier alpha value is -0.970. The van der Waals surface area contributed by atoms with Crippen LogP contribution < -0.4 is 10.2 Å². The van der Waals surface area contributed by atoms with Crippen molar-refractivity contribution in [2.24, 2.45) is 0 Å². The van der Waals surface area contributed by atoms with Gasteiger partial charge in [0, 0.05) is 50.0 Å². The predicted molar refractivity (Wildman–Crippen MR) is 100 cm³/mol. The lowest BCUT2D eigenvalue weighted by Gasteiger charge is -2.34. The Kier molecular flexibility index (Phi) is 8.17. The zero-order valence-corrected chi connectivity index (χ0v) is 15.3. The quantitative estimate of drug-likeness (QED) is 0.881. The Bertz CT molecular complexity index is 489. The second-order valence-corrected chi connectivity index (χ2v) is 6.15. The van der Waals surface area contributed by atoms with Crippen LogP contribution in [-0.2, 0) is 0 Å². The van der Waals surface area contributed by atoms with E-state index in [2.05, 4.69) is 29.3 Å². The van der Waals surface area contributed by atoms with E-state index in [0.717, 1.165) is 38.3 Å². The molecule has 0 bridgehead atoms. The summed E-state index contributed by atoms with van der Waals surface area (Å²) in [4.78, 5) is 17.0. The summed E-state index contributed by atoms with van der Waals surface area (Å²) in [5, 5.41) is 3.32. The molecule has 2 aliphatic heterocycles. The molecule has 1 aromatic rings. The minimum Gasteiger partial charge on any atom is -0.372 e. The maximum absolute atomic E-state index is 12.6. The molecule has 23 heavy (non-hydrogen) atoms. The average Bonchev–Trinajstić information content (AvgIpc) is 2.56. The van der Waals surface area contributed by atoms with Crippen molar-refractivity contribution in [3.8, 4) is 0 Å². The number of anilines is 1. The van der Waals surface area contributed by atoms with E-state index in [4.69, 9.17) is 0 Å². The van der Waals surface area contributed by atoms with Gasteiger partial charge < -0.3 is 15.1 Å². The molecule has 0 aliphatic carbocycles. The number of hydrogen-bond acceptors (Lipinski definition) is 3. The van der Waals surface area contributed by atoms with Crippen LogP contribution in [0.25, 0.3) is 0 Å². The van der Waals surface area contributed by atoms with Crippen molar-refractivity contribution < 1.29 is 4.79 Å². The molecule has 130 valence electrons. The number of piperazine rings is 1. The van der Waals surface area contributed by atoms with Gasteiger partial charge in [0.15, 0.2) is 0 Å². The van der Waals surface area contributed by atoms with Crippen LogP contribution in [0, 0.1) is 0 Å². The van der Waals surface area contributed by atoms with Crippen molar-refractivity contribution in [1.82, 2.24) is 10.2 Å². The zero-order chi connectivity index (χ0) is 14.7. The van der Waals surface area contributed by atoms with Crippen LogP contribution in [-0.4, -0.2) is 49.6 Å². The van der Waals surface area contributed by atoms with Gasteiger partial charge >= 0.3 is 0 Å². The first kappa shape index (κ1) is 20.1. The lowest BCUT2D eigenvalue weighted by Crippen LogP contribution is -2.52. The lowest BCUT2D eigenvalue weighted by atomic mass is 10.1. The SMILES string of the molecule is C[C@H]1CNCCN1C(=O)c1ccc(N2CCCCC2)cc1.Cl.Cl. The van der Waals surface area contributed by atoms with Gasteiger partial charge in [0.1, 0.15) is 0 Å². The van der Waals surface area contributed by atoms with Gasteiger partial charge in [-0.2, -0.15) is 0 Å². The highest BCUT2D eigenvalue weighted by atomic mass is 35.5. The van der Waals surface area contributed by atoms with Crippen LogP contribution in [0.3, 0.4) is 0 Å². The maximum Gasteiger partial charge on any atom is 0.254 e. The standard InChI is InChI=1S/C17H25N3O.2ClH/c1-14-13-18-9-12-20(14)17(21)15-5-7-16(8-6-15)19-10-3-2-4-11-19;;/h5-8,14,18H,2-4,9-13H2,1H3;2*1H/t14-;;/m0../s1. The number of halogens is 2. The summed E-state index contributed by atoms with van der Waals surface area (Å²) in [6.07, 6.45) is 3.89. The smallest absolute Gasteiger partial charge is 0.254 e. The molecule has 1 atom stereocenters. The summed E-state index contributed by atoms with van der Waals surface area (Å²) < 4.78 is 0. The van der Waals surface area contributed by atoms with Crippen molar-refractivity contribution >= 4 is 36.4 Å². The van der Waals surface area contributed by atoms with Crippen LogP contribution >= 0.6 is 24.8 Å². The number of carbonyl (C=O) groups excluding carboxylic acids is 1. The van der Waals surface area contributed by atoms with Crippen molar-refractivity contribution in [3.05, 3.63) is 29.8 Å². The van der Waals surface area contributed by atoms with Crippen LogP contribution in [0.2, 0.25) is 0 Å². The third kappa shape index (κ3) is 4.75. The second kappa shape index (κ2) is 9.36. The van der Waals surface area contributed by atoms with Crippen molar-refractivity contribution in [2.45, 2.75) is 32.2 Å². The monoisotopic (exact) mass is 359 g/mol. The van der Waals surface area contributed by atoms with Gasteiger partial charge in [-0.3, -0.25) is 4.79 Å². The lowest BCUT2D eigenvalue weighted by molar-refractivity contribution is 0.0656. The third-order valence-corrected chi connectivity index (χ3v) is 4.60. The number of amides is 1. The van der Waals surface area contributed by atoms with Gasteiger partial charge in [-0.05, 0) is 50.5 Å². The van der Waals surface area contributed by atoms with Gasteiger partial charge in [0.05, 0.1) is 0 Å². The fraction of sp³-hybridized carbons (Fsp3) is 0.588. The molecule has 6 heteroatoms. The molecule has 1 aromatic carbocycles. The minimum absolute atomic E-state index is 0. The van der Waals surface area contributed by atoms with Crippen LogP contribution in [0.1, 0.15) is 36.5 Å². The first-order valence-electron chi connectivity index (χ1n) is 8.12. The Balaban J connectivity index is 0.00000132. The van der Waals surface area contributed by atoms with E-state index >= 15 is 0 Å². The van der Waals surface area contributed by atoms with Gasteiger partial charge in [0.25, 0.3) is 5.91 Å². The second-order valence-electron chi connectivity index (χ2n) is 6.15. The topological polar surface area (TPSA) is 35.6 Å². The van der Waals surface area contributed by atoms with E-state index in [1.54, 1.807) is 0 Å². The molecule has 2 saturated heterocycles. The Labute approximate surface area is 151 Å². The van der Waals surface area contributed by atoms with E-state index in [9.17, 15) is 4.79 Å². The minimum atomic E-state index is 0. The van der Waals surface area contributed by atoms with E-state index in [0.29, 0.717) is 0 Å². The number of hydrogen-bond donors (Lipinski definition) is 1. The maximum atomic E-state index is 12.6. The van der Waals surface area contributed by atoms with Gasteiger partial charge in [0.2, 0.25) is 0 Å². The Morgan fingerprint density at radius 2 is 1.70 bits per heavy atom. The summed E-state index contributed by atoms with van der Waals surface area (Å²) in [7, 11) is 0. The van der Waals surface area contributed by atoms with Crippen LogP contribution in [0.15, 0.2) is 24.3 Å². The summed E-state index contributed by atoms with van der Waals surface area (Å²) >= 11 is 0. The highest BCUT2D eigenvalue weighted by Gasteiger charge is 2.24. The molecule has 0 spiro atoms. The van der Waals surface area contributed by atoms with Crippen LogP contribution in [0.4, 0.5) is 5.69 Å². The Morgan fingerprint density at radius 3 is 2.30 bits per heavy atom. The van der Waals surface area contributed by atoms with Crippen molar-refractivity contribution in [1.29, 1.82) is 0 Å². The molecule has 0 aromatic heterocycles. The van der Waals surface area contributed by atoms with E-state index in [1.165, 1.54) is 24.9 Å². The zero-order valence-electron chi connectivity index (χ0n) is 13.7. The van der Waals surface area contributed by atoms with E-state index < -0.39 is 0 Å². The number of benzene rings is 1. The molecule has 2 aliphatic rings. The van der Waals surface area contributed by atoms with Crippen molar-refractivity contribution in [3.63, 3.8) is 0 Å². The third-order valence-electron chi connectivity index (χ3n) is 4.60. The summed E-state index contributed by atoms with van der Waals surface area (Å²) in [5.74, 6) is 0.161. The number of piperidine rings is 1. The summed E-state index contributed by atoms with van der Waals surface area (Å²) in [5.41, 5.74) is 2.06. The molecule has 0 unspecified atom stereocenters. The number of nitrogens with zero attached hydrogens (tertiary/aromatic N) is 2. The number of rotatable bonds is 2. The molecular weight excluding hydrogens is 333 g/mol. The highest BCUT2D eigenvalue weighted by molar-refractivity contribution is 5.94. The van der Waals surface area contributed by atoms with Gasteiger partial charge in [-0.1, -0.05) is 0 Å². The molecule has 0 radical (unpaired) electrons. The molecular formula is C17H27Cl2N3O. The summed E-state index contributed by atoms with van der Waals surface area (Å²) in [6, 6.07) is 8.45. The molecule has 1 N–H and O–H groups in total. The molecule has 0 saturated carbocycles. The number of carbonyl (C=O) groups is 1. The summed E-state index contributed by atoms with van der Waals surface area (Å²) in [6.45, 7) is 6.96. The molecule has 2 fully saturated rings. The highest BCUT2D eigenvalue weighted by Crippen LogP contribution is 2.21. The van der Waals surface area contributed by atoms with Crippen LogP contribution in [0.5, 0.6) is 0 Å². The predicted octanol–water partition coefficient (Wildman–Crippen LogP) is 2.95. The first-order valence-corrected chi connectivity index (χ1v) is 8.12. The fourth-order valence-electron chi connectivity index (χ4n) is 3.28. The average molecular weight is 360 g/mol. The molecule has 1 amide bonds. The first-order chi connectivity index (χ1) is 10.3. The Morgan fingerprint density at radius 1 is 1.04 bits per heavy atom.